The summed E-state index contributed by atoms with van der Waals surface area (Å²) < 4.78 is 6.33. The largest absolute Gasteiger partial charge is 0.455 e. The van der Waals surface area contributed by atoms with Gasteiger partial charge in [0.15, 0.2) is 0 Å². The number of para-hydroxylation sites is 2. The third-order valence-corrected chi connectivity index (χ3v) is 9.79. The van der Waals surface area contributed by atoms with E-state index in [1.165, 1.54) is 38.6 Å². The third-order valence-electron chi connectivity index (χ3n) is 9.79. The Morgan fingerprint density at radius 1 is 0.327 bits per heavy atom. The van der Waals surface area contributed by atoms with Crippen molar-refractivity contribution in [3.63, 3.8) is 0 Å². The topological polar surface area (TPSA) is 38.9 Å². The highest BCUT2D eigenvalue weighted by Crippen LogP contribution is 2.38. The van der Waals surface area contributed by atoms with Gasteiger partial charge in [0, 0.05) is 39.5 Å². The van der Waals surface area contributed by atoms with Gasteiger partial charge in [0.05, 0.1) is 11.0 Å². The fourth-order valence-electron chi connectivity index (χ4n) is 7.36. The van der Waals surface area contributed by atoms with E-state index in [2.05, 4.69) is 146 Å². The molecule has 0 saturated carbocycles. The second-order valence-electron chi connectivity index (χ2n) is 12.6. The van der Waals surface area contributed by atoms with Crippen LogP contribution in [0.3, 0.4) is 0 Å². The molecule has 10 rings (SSSR count). The van der Waals surface area contributed by atoms with Crippen LogP contribution in [-0.2, 0) is 0 Å². The van der Waals surface area contributed by atoms with Gasteiger partial charge in [0.1, 0.15) is 11.2 Å². The molecule has 0 aliphatic carbocycles. The molecule has 2 aromatic heterocycles. The predicted octanol–water partition coefficient (Wildman–Crippen LogP) is 12.5. The van der Waals surface area contributed by atoms with E-state index in [1.807, 2.05) is 12.1 Å². The SMILES string of the molecule is c1cc(-c2ccc(-c3ccc(-c4ccc5c6ccccc6c6nccnc6c5c4)cc3)cc2)cc(-c2cccc3c2oc2ccccc23)c1. The Morgan fingerprint density at radius 2 is 0.837 bits per heavy atom. The van der Waals surface area contributed by atoms with E-state index < -0.39 is 0 Å². The molecule has 0 aliphatic rings. The first-order valence-electron chi connectivity index (χ1n) is 16.6. The quantitative estimate of drug-likeness (QED) is 0.183. The van der Waals surface area contributed by atoms with Gasteiger partial charge < -0.3 is 4.42 Å². The van der Waals surface area contributed by atoms with E-state index in [0.29, 0.717) is 0 Å². The van der Waals surface area contributed by atoms with Crippen molar-refractivity contribution in [2.75, 3.05) is 0 Å². The average Bonchev–Trinajstić information content (AvgIpc) is 3.57. The van der Waals surface area contributed by atoms with E-state index in [1.54, 1.807) is 12.4 Å². The summed E-state index contributed by atoms with van der Waals surface area (Å²) in [7, 11) is 0. The van der Waals surface area contributed by atoms with E-state index in [0.717, 1.165) is 60.4 Å². The molecule has 10 aromatic rings. The number of nitrogens with zero attached hydrogens (tertiary/aromatic N) is 2. The lowest BCUT2D eigenvalue weighted by Crippen LogP contribution is -1.89. The van der Waals surface area contributed by atoms with Gasteiger partial charge >= 0.3 is 0 Å². The Kier molecular flexibility index (Phi) is 6.18. The molecule has 49 heavy (non-hydrogen) atoms. The molecule has 0 spiro atoms. The van der Waals surface area contributed by atoms with Crippen LogP contribution in [0.1, 0.15) is 0 Å². The van der Waals surface area contributed by atoms with Gasteiger partial charge in [-0.15, -0.1) is 0 Å². The highest BCUT2D eigenvalue weighted by atomic mass is 16.3. The van der Waals surface area contributed by atoms with Gasteiger partial charge in [-0.05, 0) is 67.9 Å². The second kappa shape index (κ2) is 11.0. The van der Waals surface area contributed by atoms with Crippen molar-refractivity contribution in [1.82, 2.24) is 9.97 Å². The number of hydrogen-bond donors (Lipinski definition) is 0. The molecule has 0 atom stereocenters. The van der Waals surface area contributed by atoms with Crippen molar-refractivity contribution in [3.8, 4) is 44.5 Å². The zero-order valence-electron chi connectivity index (χ0n) is 26.5. The fourth-order valence-corrected chi connectivity index (χ4v) is 7.36. The molecule has 0 unspecified atom stereocenters. The first-order valence-corrected chi connectivity index (χ1v) is 16.6. The summed E-state index contributed by atoms with van der Waals surface area (Å²) in [6.07, 6.45) is 3.56. The second-order valence-corrected chi connectivity index (χ2v) is 12.6. The minimum Gasteiger partial charge on any atom is -0.455 e. The molecule has 0 fully saturated rings. The van der Waals surface area contributed by atoms with Gasteiger partial charge in [-0.3, -0.25) is 9.97 Å². The van der Waals surface area contributed by atoms with Gasteiger partial charge in [0.25, 0.3) is 0 Å². The summed E-state index contributed by atoms with van der Waals surface area (Å²) in [6, 6.07) is 56.2. The van der Waals surface area contributed by atoms with E-state index in [-0.39, 0.29) is 0 Å². The smallest absolute Gasteiger partial charge is 0.143 e. The number of aromatic nitrogens is 2. The maximum atomic E-state index is 6.33. The summed E-state index contributed by atoms with van der Waals surface area (Å²) in [5.74, 6) is 0. The molecule has 0 aliphatic heterocycles. The van der Waals surface area contributed by atoms with Crippen molar-refractivity contribution >= 4 is 54.5 Å². The first-order chi connectivity index (χ1) is 24.3. The van der Waals surface area contributed by atoms with Gasteiger partial charge in [0.2, 0.25) is 0 Å². The molecular weight excluding hydrogens is 597 g/mol. The Hall–Kier alpha value is -6.58. The molecule has 0 saturated heterocycles. The Balaban J connectivity index is 0.957. The Morgan fingerprint density at radius 3 is 1.57 bits per heavy atom. The van der Waals surface area contributed by atoms with Crippen LogP contribution < -0.4 is 0 Å². The number of benzene rings is 8. The summed E-state index contributed by atoms with van der Waals surface area (Å²) in [5.41, 5.74) is 13.0. The number of furan rings is 1. The van der Waals surface area contributed by atoms with E-state index >= 15 is 0 Å². The van der Waals surface area contributed by atoms with Crippen LogP contribution in [0.2, 0.25) is 0 Å². The van der Waals surface area contributed by atoms with Crippen LogP contribution in [0, 0.1) is 0 Å². The normalized spacial score (nSPS) is 11.7. The van der Waals surface area contributed by atoms with Gasteiger partial charge in [-0.1, -0.05) is 140 Å². The molecule has 2 heterocycles. The minimum absolute atomic E-state index is 0.916. The van der Waals surface area contributed by atoms with Crippen LogP contribution >= 0.6 is 0 Å². The molecular formula is C46H28N2O. The fraction of sp³-hybridized carbons (Fsp3) is 0. The maximum Gasteiger partial charge on any atom is 0.143 e. The maximum absolute atomic E-state index is 6.33. The zero-order chi connectivity index (χ0) is 32.3. The standard InChI is InChI=1S/C46H28N2O/c1-2-11-40-37(9-1)38-24-23-34(28-42(38)45-44(40)47-25-26-48-45)32-21-17-30(18-22-32)29-15-19-31(20-16-29)33-7-5-8-35(27-33)36-12-6-13-41-39-10-3-4-14-43(39)49-46(36)41/h1-28H. The zero-order valence-corrected chi connectivity index (χ0v) is 26.5. The summed E-state index contributed by atoms with van der Waals surface area (Å²) in [6.45, 7) is 0. The highest BCUT2D eigenvalue weighted by Gasteiger charge is 2.14. The number of hydrogen-bond acceptors (Lipinski definition) is 3. The first kappa shape index (κ1) is 27.5. The molecule has 228 valence electrons. The van der Waals surface area contributed by atoms with Crippen molar-refractivity contribution in [3.05, 3.63) is 170 Å². The summed E-state index contributed by atoms with van der Waals surface area (Å²) in [5, 5.41) is 6.94. The Bertz CT molecular complexity index is 2830. The predicted molar refractivity (Wildman–Crippen MR) is 204 cm³/mol. The molecule has 0 bridgehead atoms. The van der Waals surface area contributed by atoms with Crippen LogP contribution in [0.25, 0.3) is 99.0 Å². The lowest BCUT2D eigenvalue weighted by Gasteiger charge is -2.11. The molecule has 3 nitrogen and oxygen atoms in total. The lowest BCUT2D eigenvalue weighted by atomic mass is 9.94. The third kappa shape index (κ3) is 4.51. The minimum atomic E-state index is 0.916. The Labute approximate surface area is 282 Å². The number of fused-ring (bicyclic) bond motifs is 9. The van der Waals surface area contributed by atoms with Crippen LogP contribution in [0.15, 0.2) is 175 Å². The van der Waals surface area contributed by atoms with Crippen molar-refractivity contribution in [1.29, 1.82) is 0 Å². The molecule has 0 N–H and O–H groups in total. The van der Waals surface area contributed by atoms with E-state index in [4.69, 9.17) is 14.4 Å². The lowest BCUT2D eigenvalue weighted by molar-refractivity contribution is 0.670. The average molecular weight is 625 g/mol. The monoisotopic (exact) mass is 624 g/mol. The molecule has 0 amide bonds. The molecule has 0 radical (unpaired) electrons. The van der Waals surface area contributed by atoms with Gasteiger partial charge in [-0.25, -0.2) is 0 Å². The van der Waals surface area contributed by atoms with Crippen LogP contribution in [0.4, 0.5) is 0 Å². The van der Waals surface area contributed by atoms with Crippen molar-refractivity contribution in [2.45, 2.75) is 0 Å². The summed E-state index contributed by atoms with van der Waals surface area (Å²) >= 11 is 0. The van der Waals surface area contributed by atoms with Crippen molar-refractivity contribution < 1.29 is 4.42 Å². The molecule has 3 heteroatoms. The van der Waals surface area contributed by atoms with Crippen LogP contribution in [-0.4, -0.2) is 9.97 Å². The summed E-state index contributed by atoms with van der Waals surface area (Å²) in [4.78, 5) is 9.45. The highest BCUT2D eigenvalue weighted by molar-refractivity contribution is 6.23. The van der Waals surface area contributed by atoms with Gasteiger partial charge in [-0.2, -0.15) is 0 Å². The molecule has 8 aromatic carbocycles. The van der Waals surface area contributed by atoms with Crippen molar-refractivity contribution in [2.24, 2.45) is 0 Å². The number of rotatable bonds is 4. The van der Waals surface area contributed by atoms with Crippen LogP contribution in [0.5, 0.6) is 0 Å². The van der Waals surface area contributed by atoms with E-state index in [9.17, 15) is 0 Å².